The molecule has 2 fully saturated rings. The number of carbonyl (C=O) groups excluding carboxylic acids is 1. The van der Waals surface area contributed by atoms with Crippen molar-refractivity contribution in [1.82, 2.24) is 4.90 Å². The van der Waals surface area contributed by atoms with Gasteiger partial charge in [-0.15, -0.1) is 0 Å². The van der Waals surface area contributed by atoms with Gasteiger partial charge in [0.15, 0.2) is 0 Å². The van der Waals surface area contributed by atoms with Crippen LogP contribution >= 0.6 is 0 Å². The molecular formula is C24H27FN2O7S. The topological polar surface area (TPSA) is 114 Å². The van der Waals surface area contributed by atoms with E-state index in [9.17, 15) is 22.7 Å². The smallest absolute Gasteiger partial charge is 0.261 e. The van der Waals surface area contributed by atoms with Crippen molar-refractivity contribution in [3.8, 4) is 5.75 Å². The van der Waals surface area contributed by atoms with Gasteiger partial charge in [0, 0.05) is 30.3 Å². The molecule has 11 heteroatoms. The first-order valence-corrected chi connectivity index (χ1v) is 13.0. The fourth-order valence-corrected chi connectivity index (χ4v) is 5.97. The minimum absolute atomic E-state index is 0.0200. The first-order chi connectivity index (χ1) is 16.8. The fraction of sp³-hybridized carbons (Fsp3) is 0.458. The molecule has 2 aromatic rings. The van der Waals surface area contributed by atoms with Crippen LogP contribution in [0.4, 0.5) is 10.1 Å². The Morgan fingerprint density at radius 1 is 1.14 bits per heavy atom. The Balaban J connectivity index is 1.34. The molecule has 2 saturated heterocycles. The van der Waals surface area contributed by atoms with Crippen LogP contribution in [-0.2, 0) is 24.3 Å². The maximum Gasteiger partial charge on any atom is 0.261 e. The summed E-state index contributed by atoms with van der Waals surface area (Å²) in [6.45, 7) is 1.86. The van der Waals surface area contributed by atoms with Crippen LogP contribution in [0.5, 0.6) is 5.75 Å². The molecule has 35 heavy (non-hydrogen) atoms. The van der Waals surface area contributed by atoms with Crippen LogP contribution < -0.4 is 9.46 Å². The monoisotopic (exact) mass is 506 g/mol. The van der Waals surface area contributed by atoms with E-state index >= 15 is 0 Å². The summed E-state index contributed by atoms with van der Waals surface area (Å²) in [6.07, 6.45) is -0.765. The van der Waals surface area contributed by atoms with Gasteiger partial charge < -0.3 is 24.2 Å². The lowest BCUT2D eigenvalue weighted by atomic mass is 9.84. The van der Waals surface area contributed by atoms with Gasteiger partial charge in [-0.05, 0) is 48.9 Å². The number of nitrogens with zero attached hydrogens (tertiary/aromatic N) is 1. The van der Waals surface area contributed by atoms with E-state index in [0.717, 1.165) is 17.7 Å². The van der Waals surface area contributed by atoms with E-state index in [1.165, 1.54) is 12.1 Å². The minimum Gasteiger partial charge on any atom is -0.487 e. The quantitative estimate of drug-likeness (QED) is 0.615. The second-order valence-electron chi connectivity index (χ2n) is 8.91. The molecule has 3 aliphatic rings. The zero-order valence-corrected chi connectivity index (χ0v) is 19.7. The Morgan fingerprint density at radius 2 is 1.89 bits per heavy atom. The number of hydrogen-bond acceptors (Lipinski definition) is 7. The van der Waals surface area contributed by atoms with Crippen LogP contribution in [0, 0.1) is 5.82 Å². The highest BCUT2D eigenvalue weighted by molar-refractivity contribution is 7.92. The summed E-state index contributed by atoms with van der Waals surface area (Å²) in [5.41, 5.74) is 1.13. The SMILES string of the molecule is O=C(C[C@@H]1C[C@H]2c3cc(NS(=O)(=O)c4ccc(F)cc4)ccc3O[C@H]2[C@H](CO)O1)N1CCOCC1. The third-order valence-corrected chi connectivity index (χ3v) is 8.04. The van der Waals surface area contributed by atoms with E-state index in [1.54, 1.807) is 23.1 Å². The Morgan fingerprint density at radius 3 is 2.60 bits per heavy atom. The zero-order valence-electron chi connectivity index (χ0n) is 18.9. The number of fused-ring (bicyclic) bond motifs is 3. The van der Waals surface area contributed by atoms with E-state index in [2.05, 4.69) is 4.72 Å². The van der Waals surface area contributed by atoms with Gasteiger partial charge in [0.25, 0.3) is 10.0 Å². The number of ether oxygens (including phenoxy) is 3. The lowest BCUT2D eigenvalue weighted by molar-refractivity contribution is -0.151. The standard InChI is InChI=1S/C24H27FN2O7S/c25-15-1-4-18(5-2-15)35(30,31)26-16-3-6-21-19(11-16)20-12-17(33-22(14-28)24(20)34-21)13-23(29)27-7-9-32-10-8-27/h1-6,11,17,20,22,24,26,28H,7-10,12-14H2/t17-,20-,22-,24+/m0/s1. The molecular weight excluding hydrogens is 479 g/mol. The first kappa shape index (κ1) is 24.0. The van der Waals surface area contributed by atoms with Crippen molar-refractivity contribution in [2.75, 3.05) is 37.6 Å². The van der Waals surface area contributed by atoms with E-state index in [-0.39, 0.29) is 29.7 Å². The van der Waals surface area contributed by atoms with Crippen LogP contribution in [0.15, 0.2) is 47.4 Å². The second-order valence-corrected chi connectivity index (χ2v) is 10.6. The Kier molecular flexibility index (Phi) is 6.67. The summed E-state index contributed by atoms with van der Waals surface area (Å²) in [6, 6.07) is 9.55. The fourth-order valence-electron chi connectivity index (χ4n) is 4.92. The molecule has 4 atom stereocenters. The molecule has 0 spiro atoms. The van der Waals surface area contributed by atoms with Crippen LogP contribution in [-0.4, -0.2) is 75.6 Å². The van der Waals surface area contributed by atoms with Crippen molar-refractivity contribution in [2.24, 2.45) is 0 Å². The number of hydrogen-bond donors (Lipinski definition) is 2. The number of aliphatic hydroxyl groups excluding tert-OH is 1. The predicted molar refractivity (Wildman–Crippen MR) is 123 cm³/mol. The highest BCUT2D eigenvalue weighted by Crippen LogP contribution is 2.47. The number of amides is 1. The van der Waals surface area contributed by atoms with E-state index < -0.39 is 34.2 Å². The number of anilines is 1. The van der Waals surface area contributed by atoms with Crippen molar-refractivity contribution in [3.63, 3.8) is 0 Å². The number of rotatable bonds is 6. The highest BCUT2D eigenvalue weighted by atomic mass is 32.2. The Bertz CT molecular complexity index is 1180. The molecule has 1 amide bonds. The van der Waals surface area contributed by atoms with Crippen molar-refractivity contribution >= 4 is 21.6 Å². The number of aliphatic hydroxyl groups is 1. The van der Waals surface area contributed by atoms with Gasteiger partial charge in [-0.3, -0.25) is 9.52 Å². The number of carbonyl (C=O) groups is 1. The van der Waals surface area contributed by atoms with Crippen molar-refractivity contribution < 1.29 is 36.9 Å². The van der Waals surface area contributed by atoms with Gasteiger partial charge >= 0.3 is 0 Å². The summed E-state index contributed by atoms with van der Waals surface area (Å²) in [5, 5.41) is 9.94. The van der Waals surface area contributed by atoms with Crippen LogP contribution in [0.3, 0.4) is 0 Å². The van der Waals surface area contributed by atoms with Gasteiger partial charge in [0.1, 0.15) is 23.8 Å². The van der Waals surface area contributed by atoms with Gasteiger partial charge in [-0.25, -0.2) is 12.8 Å². The maximum atomic E-state index is 13.2. The normalized spacial score (nSPS) is 25.9. The highest BCUT2D eigenvalue weighted by Gasteiger charge is 2.46. The molecule has 188 valence electrons. The predicted octanol–water partition coefficient (Wildman–Crippen LogP) is 1.87. The van der Waals surface area contributed by atoms with Gasteiger partial charge in [-0.2, -0.15) is 0 Å². The molecule has 0 saturated carbocycles. The molecule has 0 bridgehead atoms. The number of halogens is 1. The van der Waals surface area contributed by atoms with Gasteiger partial charge in [0.2, 0.25) is 5.91 Å². The molecule has 0 unspecified atom stereocenters. The largest absolute Gasteiger partial charge is 0.487 e. The Hall–Kier alpha value is -2.73. The molecule has 2 aromatic carbocycles. The van der Waals surface area contributed by atoms with Crippen molar-refractivity contribution in [2.45, 2.75) is 42.0 Å². The number of benzene rings is 2. The maximum absolute atomic E-state index is 13.2. The number of nitrogens with one attached hydrogen (secondary N) is 1. The molecule has 5 rings (SSSR count). The van der Waals surface area contributed by atoms with E-state index in [0.29, 0.717) is 44.2 Å². The van der Waals surface area contributed by atoms with Gasteiger partial charge in [-0.1, -0.05) is 0 Å². The molecule has 0 aromatic heterocycles. The average Bonchev–Trinajstić information content (AvgIpc) is 3.22. The van der Waals surface area contributed by atoms with E-state index in [4.69, 9.17) is 14.2 Å². The molecule has 3 aliphatic heterocycles. The van der Waals surface area contributed by atoms with Crippen LogP contribution in [0.2, 0.25) is 0 Å². The molecule has 3 heterocycles. The summed E-state index contributed by atoms with van der Waals surface area (Å²) < 4.78 is 58.6. The van der Waals surface area contributed by atoms with Crippen LogP contribution in [0.25, 0.3) is 0 Å². The Labute approximate surface area is 202 Å². The molecule has 2 N–H and O–H groups in total. The third-order valence-electron chi connectivity index (χ3n) is 6.64. The zero-order chi connectivity index (χ0) is 24.6. The lowest BCUT2D eigenvalue weighted by Gasteiger charge is -2.38. The summed E-state index contributed by atoms with van der Waals surface area (Å²) in [4.78, 5) is 14.5. The lowest BCUT2D eigenvalue weighted by Crippen LogP contribution is -2.48. The third kappa shape index (κ3) is 4.99. The number of sulfonamides is 1. The molecule has 0 radical (unpaired) electrons. The molecule has 0 aliphatic carbocycles. The van der Waals surface area contributed by atoms with Crippen molar-refractivity contribution in [1.29, 1.82) is 0 Å². The van der Waals surface area contributed by atoms with Crippen LogP contribution in [0.1, 0.15) is 24.3 Å². The summed E-state index contributed by atoms with van der Waals surface area (Å²) in [7, 11) is -3.91. The van der Waals surface area contributed by atoms with E-state index in [1.807, 2.05) is 0 Å². The minimum atomic E-state index is -3.91. The second kappa shape index (κ2) is 9.73. The number of morpholine rings is 1. The summed E-state index contributed by atoms with van der Waals surface area (Å²) in [5.74, 6) is -0.127. The first-order valence-electron chi connectivity index (χ1n) is 11.5. The van der Waals surface area contributed by atoms with Gasteiger partial charge in [0.05, 0.1) is 37.2 Å². The average molecular weight is 507 g/mol. The summed E-state index contributed by atoms with van der Waals surface area (Å²) >= 11 is 0. The molecule has 9 nitrogen and oxygen atoms in total. The van der Waals surface area contributed by atoms with Crippen molar-refractivity contribution in [3.05, 3.63) is 53.8 Å².